The molecule has 1 spiro atoms. The summed E-state index contributed by atoms with van der Waals surface area (Å²) in [6, 6.07) is 11.2. The van der Waals surface area contributed by atoms with E-state index in [-0.39, 0.29) is 30.4 Å². The Hall–Kier alpha value is -4.30. The quantitative estimate of drug-likeness (QED) is 0.214. The van der Waals surface area contributed by atoms with Crippen LogP contribution in [0.5, 0.6) is 5.75 Å². The van der Waals surface area contributed by atoms with Gasteiger partial charge in [-0.1, -0.05) is 42.5 Å². The minimum Gasteiger partial charge on any atom is -0.481 e. The molecular formula is C33H35NO12. The Kier molecular flexibility index (Phi) is 8.13. The van der Waals surface area contributed by atoms with E-state index in [9.17, 15) is 34.5 Å². The van der Waals surface area contributed by atoms with Gasteiger partial charge in [0, 0.05) is 29.2 Å². The zero-order valence-corrected chi connectivity index (χ0v) is 25.3. The van der Waals surface area contributed by atoms with Crippen LogP contribution >= 0.6 is 0 Å². The molecule has 0 aromatic heterocycles. The lowest BCUT2D eigenvalue weighted by Gasteiger charge is -2.61. The van der Waals surface area contributed by atoms with Crippen molar-refractivity contribution >= 4 is 23.9 Å². The highest BCUT2D eigenvalue weighted by Crippen LogP contribution is 2.64. The van der Waals surface area contributed by atoms with Gasteiger partial charge in [-0.05, 0) is 45.0 Å². The summed E-state index contributed by atoms with van der Waals surface area (Å²) in [6.45, 7) is 1.49. The second-order valence-electron chi connectivity index (χ2n) is 12.2. The first-order valence-electron chi connectivity index (χ1n) is 15.0. The molecule has 244 valence electrons. The number of nitrogens with zero attached hydrogens (tertiary/aromatic N) is 1. The van der Waals surface area contributed by atoms with Gasteiger partial charge in [-0.3, -0.25) is 4.79 Å². The van der Waals surface area contributed by atoms with Crippen LogP contribution in [-0.4, -0.2) is 92.8 Å². The summed E-state index contributed by atoms with van der Waals surface area (Å²) in [4.78, 5) is 52.0. The van der Waals surface area contributed by atoms with Crippen LogP contribution in [0.1, 0.15) is 54.5 Å². The average Bonchev–Trinajstić information content (AvgIpc) is 3.39. The number of likely N-dealkylation sites (tertiary alicyclic amines) is 1. The van der Waals surface area contributed by atoms with Crippen molar-refractivity contribution < 1.29 is 58.6 Å². The van der Waals surface area contributed by atoms with Gasteiger partial charge >= 0.3 is 23.9 Å². The van der Waals surface area contributed by atoms with Gasteiger partial charge in [0.25, 0.3) is 0 Å². The summed E-state index contributed by atoms with van der Waals surface area (Å²) < 4.78 is 22.2. The molecule has 2 aliphatic heterocycles. The van der Waals surface area contributed by atoms with Crippen LogP contribution in [0.25, 0.3) is 0 Å². The van der Waals surface area contributed by atoms with E-state index >= 15 is 0 Å². The van der Waals surface area contributed by atoms with Crippen molar-refractivity contribution in [3.63, 3.8) is 0 Å². The molecule has 1 saturated heterocycles. The average molecular weight is 638 g/mol. The fourth-order valence-corrected chi connectivity index (χ4v) is 7.40. The van der Waals surface area contributed by atoms with Crippen LogP contribution in [-0.2, 0) is 51.8 Å². The van der Waals surface area contributed by atoms with E-state index in [2.05, 4.69) is 4.90 Å². The Bertz CT molecular complexity index is 1610. The standard InChI is InChI=1S/C33H35NO12/c1-17(29(38)39)43-31(41)27(18-6-4-3-5-7-18)45-24(37)15-21(36)30(40)44-22-10-11-33(42)23-14-19-8-9-20(16-35)26-25(19)32(33,28(22)46-26)12-13-34(23)2/h3-10,17,21,23,27-28,35-36,42H,11-16H2,1-2H3,(H,38,39)/t17-,21-,23+,27-,28-,32-,33+/m0/s1. The molecule has 2 bridgehead atoms. The van der Waals surface area contributed by atoms with Crippen molar-refractivity contribution in [2.45, 2.75) is 80.7 Å². The van der Waals surface area contributed by atoms with E-state index in [1.54, 1.807) is 30.3 Å². The summed E-state index contributed by atoms with van der Waals surface area (Å²) >= 11 is 0. The lowest BCUT2D eigenvalue weighted by Crippen LogP contribution is -2.74. The number of esters is 3. The van der Waals surface area contributed by atoms with E-state index < -0.39 is 65.7 Å². The minimum absolute atomic E-state index is 0.0757. The number of aliphatic hydroxyl groups excluding tert-OH is 2. The lowest BCUT2D eigenvalue weighted by atomic mass is 9.50. The highest BCUT2D eigenvalue weighted by atomic mass is 16.6. The third kappa shape index (κ3) is 4.94. The highest BCUT2D eigenvalue weighted by molar-refractivity contribution is 5.86. The number of hydrogen-bond acceptors (Lipinski definition) is 12. The maximum absolute atomic E-state index is 13.2. The predicted molar refractivity (Wildman–Crippen MR) is 156 cm³/mol. The first-order chi connectivity index (χ1) is 21.9. The second kappa shape index (κ2) is 11.8. The van der Waals surface area contributed by atoms with E-state index in [1.807, 2.05) is 13.1 Å². The number of ether oxygens (including phenoxy) is 4. The zero-order chi connectivity index (χ0) is 33.0. The molecule has 6 rings (SSSR count). The molecule has 46 heavy (non-hydrogen) atoms. The number of carbonyl (C=O) groups excluding carboxylic acids is 3. The van der Waals surface area contributed by atoms with Crippen molar-refractivity contribution in [2.75, 3.05) is 13.6 Å². The van der Waals surface area contributed by atoms with E-state index in [0.717, 1.165) is 18.1 Å². The van der Waals surface area contributed by atoms with Crippen LogP contribution in [0.15, 0.2) is 54.3 Å². The summed E-state index contributed by atoms with van der Waals surface area (Å²) in [5.41, 5.74) is 0.295. The number of likely N-dealkylation sites (N-methyl/N-ethyl adjacent to an activating group) is 1. The van der Waals surface area contributed by atoms with Crippen molar-refractivity contribution in [3.8, 4) is 5.75 Å². The molecule has 1 fully saturated rings. The smallest absolute Gasteiger partial charge is 0.353 e. The normalized spacial score (nSPS) is 27.6. The molecule has 4 aliphatic rings. The van der Waals surface area contributed by atoms with Gasteiger partial charge in [-0.15, -0.1) is 0 Å². The molecule has 13 nitrogen and oxygen atoms in total. The lowest BCUT2D eigenvalue weighted by molar-refractivity contribution is -0.179. The van der Waals surface area contributed by atoms with Crippen LogP contribution in [0.2, 0.25) is 0 Å². The maximum atomic E-state index is 13.2. The number of aliphatic hydroxyl groups is 3. The topological polar surface area (TPSA) is 189 Å². The number of benzene rings is 2. The Balaban J connectivity index is 1.20. The molecule has 0 unspecified atom stereocenters. The molecule has 0 saturated carbocycles. The van der Waals surface area contributed by atoms with Crippen LogP contribution < -0.4 is 4.74 Å². The monoisotopic (exact) mass is 637 g/mol. The Labute approximate surface area is 263 Å². The van der Waals surface area contributed by atoms with E-state index in [1.165, 1.54) is 12.1 Å². The third-order valence-electron chi connectivity index (χ3n) is 9.68. The van der Waals surface area contributed by atoms with Gasteiger partial charge in [0.1, 0.15) is 11.5 Å². The molecule has 2 heterocycles. The van der Waals surface area contributed by atoms with Crippen molar-refractivity contribution in [1.82, 2.24) is 4.90 Å². The molecule has 4 N–H and O–H groups in total. The number of carbonyl (C=O) groups is 4. The largest absolute Gasteiger partial charge is 0.481 e. The Morgan fingerprint density at radius 1 is 1.09 bits per heavy atom. The van der Waals surface area contributed by atoms with E-state index in [4.69, 9.17) is 24.1 Å². The summed E-state index contributed by atoms with van der Waals surface area (Å²) in [7, 11) is 1.96. The Morgan fingerprint density at radius 2 is 1.83 bits per heavy atom. The molecule has 7 atom stereocenters. The summed E-state index contributed by atoms with van der Waals surface area (Å²) in [6.07, 6.45) is -4.21. The molecule has 2 aromatic carbocycles. The van der Waals surface area contributed by atoms with Gasteiger partial charge < -0.3 is 44.3 Å². The number of aliphatic carboxylic acids is 1. The minimum atomic E-state index is -2.00. The Morgan fingerprint density at radius 3 is 2.52 bits per heavy atom. The van der Waals surface area contributed by atoms with Gasteiger partial charge in [-0.2, -0.15) is 0 Å². The zero-order valence-electron chi connectivity index (χ0n) is 25.3. The SMILES string of the molecule is C[C@H](OC(=O)[C@@H](OC(=O)C[C@H](O)C(=O)OC1=CC[C@@]2(O)[C@H]3Cc4ccc(CO)c5c4[C@@]2(CCN3C)[C@H]1O5)c1ccccc1)C(=O)O. The predicted octanol–water partition coefficient (Wildman–Crippen LogP) is 1.05. The third-order valence-corrected chi connectivity index (χ3v) is 9.68. The van der Waals surface area contributed by atoms with Gasteiger partial charge in [0.15, 0.2) is 18.3 Å². The fraction of sp³-hybridized carbons (Fsp3) is 0.455. The number of rotatable bonds is 10. The van der Waals surface area contributed by atoms with Gasteiger partial charge in [0.05, 0.1) is 24.0 Å². The van der Waals surface area contributed by atoms with Crippen LogP contribution in [0.4, 0.5) is 0 Å². The van der Waals surface area contributed by atoms with Gasteiger partial charge in [-0.25, -0.2) is 14.4 Å². The molecule has 2 aromatic rings. The molecular weight excluding hydrogens is 602 g/mol. The van der Waals surface area contributed by atoms with Crippen LogP contribution in [0, 0.1) is 0 Å². The number of carboxylic acid groups (broad SMARTS) is 1. The number of hydrogen-bond donors (Lipinski definition) is 4. The van der Waals surface area contributed by atoms with Crippen molar-refractivity contribution in [1.29, 1.82) is 0 Å². The maximum Gasteiger partial charge on any atom is 0.353 e. The molecule has 0 amide bonds. The number of piperidine rings is 1. The highest BCUT2D eigenvalue weighted by Gasteiger charge is 2.72. The van der Waals surface area contributed by atoms with Crippen LogP contribution in [0.3, 0.4) is 0 Å². The molecule has 13 heteroatoms. The molecule has 0 radical (unpaired) electrons. The summed E-state index contributed by atoms with van der Waals surface area (Å²) in [5.74, 6) is -4.33. The molecule has 2 aliphatic carbocycles. The van der Waals surface area contributed by atoms with Crippen molar-refractivity contribution in [3.05, 3.63) is 76.6 Å². The van der Waals surface area contributed by atoms with Gasteiger partial charge in [0.2, 0.25) is 6.10 Å². The van der Waals surface area contributed by atoms with E-state index in [0.29, 0.717) is 30.7 Å². The first-order valence-corrected chi connectivity index (χ1v) is 15.0. The fourth-order valence-electron chi connectivity index (χ4n) is 7.40. The first kappa shape index (κ1) is 31.7. The summed E-state index contributed by atoms with van der Waals surface area (Å²) in [5, 5.41) is 42.1. The second-order valence-corrected chi connectivity index (χ2v) is 12.2. The number of carboxylic acids is 1. The van der Waals surface area contributed by atoms with Crippen molar-refractivity contribution in [2.24, 2.45) is 0 Å².